The van der Waals surface area contributed by atoms with E-state index in [4.69, 9.17) is 14.4 Å². The molecule has 1 amide bonds. The molecule has 0 saturated heterocycles. The molecule has 0 spiro atoms. The molecule has 0 aliphatic heterocycles. The van der Waals surface area contributed by atoms with Crippen LogP contribution < -0.4 is 4.90 Å². The second-order valence-electron chi connectivity index (χ2n) is 6.20. The highest BCUT2D eigenvalue weighted by atomic mass is 16.5. The van der Waals surface area contributed by atoms with Crippen LogP contribution >= 0.6 is 0 Å². The van der Waals surface area contributed by atoms with Gasteiger partial charge in [0.1, 0.15) is 17.1 Å². The van der Waals surface area contributed by atoms with Gasteiger partial charge in [-0.1, -0.05) is 6.07 Å². The van der Waals surface area contributed by atoms with Gasteiger partial charge in [0.05, 0.1) is 12.5 Å². The second-order valence-corrected chi connectivity index (χ2v) is 6.20. The molecule has 1 aromatic heterocycles. The van der Waals surface area contributed by atoms with Crippen molar-refractivity contribution in [3.63, 3.8) is 0 Å². The quantitative estimate of drug-likeness (QED) is 0.740. The van der Waals surface area contributed by atoms with Crippen molar-refractivity contribution in [1.82, 2.24) is 0 Å². The SMILES string of the molecule is Cc1cc(C)cc(N(CCC#N)C(=O)COC(=O)c2cc(C)oc2C)c1. The molecule has 0 fully saturated rings. The lowest BCUT2D eigenvalue weighted by atomic mass is 10.1. The number of carbonyl (C=O) groups excluding carboxylic acids is 2. The first-order valence-electron chi connectivity index (χ1n) is 8.31. The van der Waals surface area contributed by atoms with Crippen LogP contribution in [0.1, 0.15) is 39.4 Å². The molecule has 2 aromatic rings. The van der Waals surface area contributed by atoms with Crippen molar-refractivity contribution in [2.75, 3.05) is 18.1 Å². The van der Waals surface area contributed by atoms with Crippen molar-refractivity contribution in [3.8, 4) is 6.07 Å². The lowest BCUT2D eigenvalue weighted by Crippen LogP contribution is -2.35. The first-order chi connectivity index (χ1) is 12.3. The molecule has 136 valence electrons. The van der Waals surface area contributed by atoms with Gasteiger partial charge in [0.2, 0.25) is 0 Å². The number of benzene rings is 1. The number of aryl methyl sites for hydroxylation is 4. The maximum atomic E-state index is 12.6. The van der Waals surface area contributed by atoms with E-state index in [-0.39, 0.29) is 18.9 Å². The van der Waals surface area contributed by atoms with Crippen LogP contribution in [0.25, 0.3) is 0 Å². The van der Waals surface area contributed by atoms with Crippen molar-refractivity contribution in [2.45, 2.75) is 34.1 Å². The zero-order chi connectivity index (χ0) is 19.3. The maximum absolute atomic E-state index is 12.6. The van der Waals surface area contributed by atoms with Gasteiger partial charge in [0, 0.05) is 12.2 Å². The third-order valence-electron chi connectivity index (χ3n) is 3.85. The van der Waals surface area contributed by atoms with E-state index < -0.39 is 12.6 Å². The van der Waals surface area contributed by atoms with E-state index in [1.807, 2.05) is 38.1 Å². The molecule has 0 N–H and O–H groups in total. The van der Waals surface area contributed by atoms with Crippen molar-refractivity contribution in [2.24, 2.45) is 0 Å². The van der Waals surface area contributed by atoms with E-state index in [1.165, 1.54) is 4.90 Å². The average Bonchev–Trinajstić information content (AvgIpc) is 2.90. The lowest BCUT2D eigenvalue weighted by molar-refractivity contribution is -0.121. The fraction of sp³-hybridized carbons (Fsp3) is 0.350. The molecule has 0 unspecified atom stereocenters. The minimum Gasteiger partial charge on any atom is -0.466 e. The summed E-state index contributed by atoms with van der Waals surface area (Å²) < 4.78 is 10.5. The predicted octanol–water partition coefficient (Wildman–Crippen LogP) is 3.62. The Hall–Kier alpha value is -3.07. The summed E-state index contributed by atoms with van der Waals surface area (Å²) in [5, 5.41) is 8.87. The molecule has 1 aromatic carbocycles. The Morgan fingerprint density at radius 1 is 1.12 bits per heavy atom. The van der Waals surface area contributed by atoms with Crippen molar-refractivity contribution >= 4 is 17.6 Å². The van der Waals surface area contributed by atoms with Gasteiger partial charge in [-0.25, -0.2) is 4.79 Å². The Bertz CT molecular complexity index is 841. The Balaban J connectivity index is 2.12. The number of hydrogen-bond donors (Lipinski definition) is 0. The molecule has 0 saturated carbocycles. The molecule has 1 heterocycles. The van der Waals surface area contributed by atoms with Crippen molar-refractivity contribution in [3.05, 3.63) is 52.5 Å². The van der Waals surface area contributed by atoms with Crippen LogP contribution in [-0.4, -0.2) is 25.0 Å². The summed E-state index contributed by atoms with van der Waals surface area (Å²) in [5.41, 5.74) is 3.02. The Morgan fingerprint density at radius 3 is 2.31 bits per heavy atom. The van der Waals surface area contributed by atoms with Crippen molar-refractivity contribution in [1.29, 1.82) is 5.26 Å². The summed E-state index contributed by atoms with van der Waals surface area (Å²) in [6, 6.07) is 9.36. The number of ether oxygens (including phenoxy) is 1. The van der Waals surface area contributed by atoms with E-state index in [2.05, 4.69) is 0 Å². The summed E-state index contributed by atoms with van der Waals surface area (Å²) >= 11 is 0. The number of hydrogen-bond acceptors (Lipinski definition) is 5. The number of esters is 1. The minimum atomic E-state index is -0.603. The highest BCUT2D eigenvalue weighted by molar-refractivity contribution is 5.97. The van der Waals surface area contributed by atoms with Gasteiger partial charge in [-0.05, 0) is 57.0 Å². The number of nitriles is 1. The number of furan rings is 1. The summed E-state index contributed by atoms with van der Waals surface area (Å²) in [7, 11) is 0. The summed E-state index contributed by atoms with van der Waals surface area (Å²) in [5.74, 6) is 0.0760. The molecular weight excluding hydrogens is 332 g/mol. The zero-order valence-corrected chi connectivity index (χ0v) is 15.5. The van der Waals surface area contributed by atoms with E-state index in [0.29, 0.717) is 22.8 Å². The van der Waals surface area contributed by atoms with Crippen LogP contribution in [0.5, 0.6) is 0 Å². The fourth-order valence-electron chi connectivity index (χ4n) is 2.78. The molecule has 0 radical (unpaired) electrons. The first kappa shape index (κ1) is 19.3. The highest BCUT2D eigenvalue weighted by Gasteiger charge is 2.20. The van der Waals surface area contributed by atoms with Gasteiger partial charge in [-0.15, -0.1) is 0 Å². The molecule has 6 nitrogen and oxygen atoms in total. The average molecular weight is 354 g/mol. The Kier molecular flexibility index (Phi) is 6.18. The van der Waals surface area contributed by atoms with Crippen LogP contribution in [0.4, 0.5) is 5.69 Å². The summed E-state index contributed by atoms with van der Waals surface area (Å²) in [6.45, 7) is 7.11. The molecule has 0 atom stereocenters. The normalized spacial score (nSPS) is 10.3. The maximum Gasteiger partial charge on any atom is 0.342 e. The van der Waals surface area contributed by atoms with Gasteiger partial charge >= 0.3 is 5.97 Å². The zero-order valence-electron chi connectivity index (χ0n) is 15.5. The van der Waals surface area contributed by atoms with E-state index in [9.17, 15) is 9.59 Å². The van der Waals surface area contributed by atoms with E-state index >= 15 is 0 Å². The van der Waals surface area contributed by atoms with Gasteiger partial charge in [0.15, 0.2) is 6.61 Å². The third kappa shape index (κ3) is 4.73. The molecule has 0 bridgehead atoms. The fourth-order valence-corrected chi connectivity index (χ4v) is 2.78. The largest absolute Gasteiger partial charge is 0.466 e. The molecule has 2 rings (SSSR count). The van der Waals surface area contributed by atoms with Gasteiger partial charge in [-0.3, -0.25) is 4.79 Å². The highest BCUT2D eigenvalue weighted by Crippen LogP contribution is 2.20. The summed E-state index contributed by atoms with van der Waals surface area (Å²) in [6.07, 6.45) is 0.187. The summed E-state index contributed by atoms with van der Waals surface area (Å²) in [4.78, 5) is 26.2. The van der Waals surface area contributed by atoms with E-state index in [0.717, 1.165) is 11.1 Å². The predicted molar refractivity (Wildman–Crippen MR) is 97.0 cm³/mol. The lowest BCUT2D eigenvalue weighted by Gasteiger charge is -2.22. The second kappa shape index (κ2) is 8.34. The van der Waals surface area contributed by atoms with Crippen molar-refractivity contribution < 1.29 is 18.7 Å². The first-order valence-corrected chi connectivity index (χ1v) is 8.31. The van der Waals surface area contributed by atoms with Crippen LogP contribution in [0.15, 0.2) is 28.7 Å². The molecule has 0 aliphatic rings. The van der Waals surface area contributed by atoms with Gasteiger partial charge in [0.25, 0.3) is 5.91 Å². The van der Waals surface area contributed by atoms with Crippen LogP contribution in [0.2, 0.25) is 0 Å². The number of amides is 1. The molecular formula is C20H22N2O4. The Morgan fingerprint density at radius 2 is 1.77 bits per heavy atom. The number of nitrogens with zero attached hydrogens (tertiary/aromatic N) is 2. The number of anilines is 1. The third-order valence-corrected chi connectivity index (χ3v) is 3.85. The number of carbonyl (C=O) groups is 2. The topological polar surface area (TPSA) is 83.5 Å². The van der Waals surface area contributed by atoms with E-state index in [1.54, 1.807) is 19.9 Å². The number of rotatable bonds is 6. The molecule has 6 heteroatoms. The van der Waals surface area contributed by atoms with Crippen LogP contribution in [-0.2, 0) is 9.53 Å². The van der Waals surface area contributed by atoms with Gasteiger partial charge in [-0.2, -0.15) is 5.26 Å². The molecule has 26 heavy (non-hydrogen) atoms. The standard InChI is InChI=1S/C20H22N2O4/c1-13-8-14(2)10-17(9-13)22(7-5-6-21)19(23)12-25-20(24)18-11-15(3)26-16(18)4/h8-11H,5,7,12H2,1-4H3. The minimum absolute atomic E-state index is 0.187. The Labute approximate surface area is 153 Å². The smallest absolute Gasteiger partial charge is 0.342 e. The monoisotopic (exact) mass is 354 g/mol. The van der Waals surface area contributed by atoms with Gasteiger partial charge < -0.3 is 14.1 Å². The molecule has 0 aliphatic carbocycles. The van der Waals surface area contributed by atoms with Crippen LogP contribution in [0, 0.1) is 39.0 Å². The van der Waals surface area contributed by atoms with Crippen LogP contribution in [0.3, 0.4) is 0 Å².